The molecule has 0 unspecified atom stereocenters. The number of furan rings is 1. The number of benzene rings is 3. The van der Waals surface area contributed by atoms with Gasteiger partial charge < -0.3 is 19.8 Å². The summed E-state index contributed by atoms with van der Waals surface area (Å²) in [5.41, 5.74) is 3.25. The molecule has 200 valence electrons. The average Bonchev–Trinajstić information content (AvgIpc) is 3.67. The highest BCUT2D eigenvalue weighted by atomic mass is 35.5. The van der Waals surface area contributed by atoms with Crippen molar-refractivity contribution < 1.29 is 18.7 Å². The summed E-state index contributed by atoms with van der Waals surface area (Å²) in [5, 5.41) is 11.0. The highest BCUT2D eigenvalue weighted by molar-refractivity contribution is 6.30. The van der Waals surface area contributed by atoms with Crippen LogP contribution in [0.3, 0.4) is 0 Å². The number of aromatic nitrogens is 2. The minimum atomic E-state index is -0.493. The Hall–Kier alpha value is -5.08. The van der Waals surface area contributed by atoms with E-state index in [9.17, 15) is 9.59 Å². The molecule has 3 aromatic carbocycles. The molecule has 0 atom stereocenters. The maximum absolute atomic E-state index is 13.4. The summed E-state index contributed by atoms with van der Waals surface area (Å²) in [6.07, 6.45) is 4.94. The van der Waals surface area contributed by atoms with E-state index in [1.165, 1.54) is 6.26 Å². The van der Waals surface area contributed by atoms with Gasteiger partial charge in [0.1, 0.15) is 22.9 Å². The van der Waals surface area contributed by atoms with Gasteiger partial charge in [-0.15, -0.1) is 0 Å². The van der Waals surface area contributed by atoms with E-state index in [0.717, 1.165) is 11.3 Å². The van der Waals surface area contributed by atoms with Crippen molar-refractivity contribution in [2.75, 3.05) is 7.11 Å². The lowest BCUT2D eigenvalue weighted by Gasteiger charge is -2.11. The van der Waals surface area contributed by atoms with Gasteiger partial charge in [-0.25, -0.2) is 4.68 Å². The Morgan fingerprint density at radius 1 is 0.975 bits per heavy atom. The number of ether oxygens (including phenoxy) is 1. The summed E-state index contributed by atoms with van der Waals surface area (Å²) in [6, 6.07) is 26.9. The van der Waals surface area contributed by atoms with Crippen molar-refractivity contribution in [1.82, 2.24) is 20.4 Å². The molecule has 8 nitrogen and oxygen atoms in total. The molecule has 5 rings (SSSR count). The summed E-state index contributed by atoms with van der Waals surface area (Å²) >= 11 is 6.12. The second-order valence-corrected chi connectivity index (χ2v) is 9.16. The van der Waals surface area contributed by atoms with Crippen LogP contribution < -0.4 is 15.4 Å². The molecule has 40 heavy (non-hydrogen) atoms. The quantitative estimate of drug-likeness (QED) is 0.222. The van der Waals surface area contributed by atoms with Crippen LogP contribution in [0.2, 0.25) is 5.02 Å². The number of halogens is 1. The van der Waals surface area contributed by atoms with Gasteiger partial charge in [-0.1, -0.05) is 41.9 Å². The van der Waals surface area contributed by atoms with Crippen molar-refractivity contribution in [3.8, 4) is 22.7 Å². The number of nitrogens with one attached hydrogen (secondary N) is 2. The number of hydrogen-bond donors (Lipinski definition) is 2. The molecule has 2 N–H and O–H groups in total. The molecule has 2 amide bonds. The van der Waals surface area contributed by atoms with E-state index in [-0.39, 0.29) is 12.2 Å². The number of rotatable bonds is 9. The Labute approximate surface area is 235 Å². The van der Waals surface area contributed by atoms with E-state index < -0.39 is 11.8 Å². The Balaban J connectivity index is 1.54. The maximum atomic E-state index is 13.4. The third kappa shape index (κ3) is 6.31. The Bertz CT molecular complexity index is 1630. The molecule has 0 aliphatic rings. The van der Waals surface area contributed by atoms with Gasteiger partial charge >= 0.3 is 0 Å². The Morgan fingerprint density at radius 2 is 1.73 bits per heavy atom. The standard InChI is InChI=1S/C31H25ClN4O4/c1-39-26-15-11-22(12-16-26)30(37)34-28(31(38)33-19-27-8-5-17-40-27)18-23-20-36(25-6-3-2-4-7-25)35-29(23)21-9-13-24(32)14-10-21/h2-18,20H,19H2,1H3,(H,33,38)(H,34,37)/b28-18-. The molecular formula is C31H25ClN4O4. The van der Waals surface area contributed by atoms with Gasteiger partial charge in [0, 0.05) is 27.9 Å². The van der Waals surface area contributed by atoms with Crippen LogP contribution in [0.4, 0.5) is 0 Å². The van der Waals surface area contributed by atoms with Crippen LogP contribution >= 0.6 is 11.6 Å². The minimum absolute atomic E-state index is 0.0372. The number of carbonyl (C=O) groups is 2. The average molecular weight is 553 g/mol. The van der Waals surface area contributed by atoms with E-state index in [2.05, 4.69) is 10.6 Å². The van der Waals surface area contributed by atoms with E-state index >= 15 is 0 Å². The molecule has 2 heterocycles. The fraction of sp³-hybridized carbons (Fsp3) is 0.0645. The zero-order chi connectivity index (χ0) is 27.9. The monoisotopic (exact) mass is 552 g/mol. The van der Waals surface area contributed by atoms with Gasteiger partial charge in [0.25, 0.3) is 11.8 Å². The van der Waals surface area contributed by atoms with E-state index in [1.54, 1.807) is 72.6 Å². The normalized spacial score (nSPS) is 11.2. The maximum Gasteiger partial charge on any atom is 0.268 e. The van der Waals surface area contributed by atoms with Gasteiger partial charge in [-0.2, -0.15) is 5.10 Å². The zero-order valence-electron chi connectivity index (χ0n) is 21.5. The first-order valence-corrected chi connectivity index (χ1v) is 12.8. The van der Waals surface area contributed by atoms with Crippen LogP contribution in [0.5, 0.6) is 5.75 Å². The summed E-state index contributed by atoms with van der Waals surface area (Å²) in [4.78, 5) is 26.6. The largest absolute Gasteiger partial charge is 0.497 e. The molecule has 0 saturated carbocycles. The number of methoxy groups -OCH3 is 1. The molecule has 9 heteroatoms. The van der Waals surface area contributed by atoms with E-state index in [1.807, 2.05) is 42.5 Å². The highest BCUT2D eigenvalue weighted by Gasteiger charge is 2.18. The fourth-order valence-electron chi connectivity index (χ4n) is 3.96. The van der Waals surface area contributed by atoms with Crippen LogP contribution in [0, 0.1) is 0 Å². The summed E-state index contributed by atoms with van der Waals surface area (Å²) in [7, 11) is 1.55. The number of carbonyl (C=O) groups excluding carboxylic acids is 2. The van der Waals surface area contributed by atoms with Crippen LogP contribution in [0.25, 0.3) is 23.0 Å². The van der Waals surface area contributed by atoms with Gasteiger partial charge in [0.15, 0.2) is 0 Å². The Kier molecular flexibility index (Phi) is 8.08. The van der Waals surface area contributed by atoms with Crippen LogP contribution in [-0.4, -0.2) is 28.7 Å². The van der Waals surface area contributed by atoms with Crippen LogP contribution in [0.1, 0.15) is 21.7 Å². The molecule has 0 saturated heterocycles. The van der Waals surface area contributed by atoms with Crippen molar-refractivity contribution in [3.05, 3.63) is 131 Å². The third-order valence-electron chi connectivity index (χ3n) is 6.03. The number of nitrogens with zero attached hydrogens (tertiary/aromatic N) is 2. The van der Waals surface area contributed by atoms with Crippen molar-refractivity contribution in [3.63, 3.8) is 0 Å². The Morgan fingerprint density at radius 3 is 2.40 bits per heavy atom. The first-order valence-electron chi connectivity index (χ1n) is 12.4. The highest BCUT2D eigenvalue weighted by Crippen LogP contribution is 2.27. The second-order valence-electron chi connectivity index (χ2n) is 8.72. The van der Waals surface area contributed by atoms with Gasteiger partial charge in [0.05, 0.1) is 25.6 Å². The first kappa shape index (κ1) is 26.5. The van der Waals surface area contributed by atoms with Crippen molar-refractivity contribution in [2.45, 2.75) is 6.54 Å². The van der Waals surface area contributed by atoms with Crippen molar-refractivity contribution in [1.29, 1.82) is 0 Å². The van der Waals surface area contributed by atoms with Gasteiger partial charge in [0.2, 0.25) is 0 Å². The van der Waals surface area contributed by atoms with Crippen molar-refractivity contribution in [2.24, 2.45) is 0 Å². The van der Waals surface area contributed by atoms with Gasteiger partial charge in [-0.3, -0.25) is 9.59 Å². The summed E-state index contributed by atoms with van der Waals surface area (Å²) < 4.78 is 12.2. The van der Waals surface area contributed by atoms with E-state index in [4.69, 9.17) is 25.9 Å². The SMILES string of the molecule is COc1ccc(C(=O)N/C(=C\c2cn(-c3ccccc3)nc2-c2ccc(Cl)cc2)C(=O)NCc2ccco2)cc1. The number of hydrogen-bond acceptors (Lipinski definition) is 5. The van der Waals surface area contributed by atoms with Crippen LogP contribution in [-0.2, 0) is 11.3 Å². The number of para-hydroxylation sites is 1. The predicted molar refractivity (Wildman–Crippen MR) is 153 cm³/mol. The molecule has 0 fully saturated rings. The fourth-order valence-corrected chi connectivity index (χ4v) is 4.09. The molecule has 0 aliphatic carbocycles. The molecule has 0 spiro atoms. The lowest BCUT2D eigenvalue weighted by molar-refractivity contribution is -0.118. The smallest absolute Gasteiger partial charge is 0.268 e. The lowest BCUT2D eigenvalue weighted by Crippen LogP contribution is -2.34. The second kappa shape index (κ2) is 12.2. The summed E-state index contributed by atoms with van der Waals surface area (Å²) in [6.45, 7) is 0.148. The van der Waals surface area contributed by atoms with E-state index in [0.29, 0.717) is 33.4 Å². The zero-order valence-corrected chi connectivity index (χ0v) is 22.3. The first-order chi connectivity index (χ1) is 19.5. The van der Waals surface area contributed by atoms with Gasteiger partial charge in [-0.05, 0) is 66.7 Å². The predicted octanol–water partition coefficient (Wildman–Crippen LogP) is 5.88. The molecule has 5 aromatic rings. The van der Waals surface area contributed by atoms with Crippen molar-refractivity contribution >= 4 is 29.5 Å². The minimum Gasteiger partial charge on any atom is -0.497 e. The lowest BCUT2D eigenvalue weighted by atomic mass is 10.1. The molecule has 2 aromatic heterocycles. The molecule has 0 bridgehead atoms. The molecule has 0 aliphatic heterocycles. The van der Waals surface area contributed by atoms with Crippen LogP contribution in [0.15, 0.2) is 114 Å². The number of amides is 2. The summed E-state index contributed by atoms with van der Waals surface area (Å²) in [5.74, 6) is 0.246. The topological polar surface area (TPSA) is 98.4 Å². The molecular weight excluding hydrogens is 528 g/mol. The molecule has 0 radical (unpaired) electrons. The third-order valence-corrected chi connectivity index (χ3v) is 6.28.